The largest absolute Gasteiger partial charge is 0.496 e. The van der Waals surface area contributed by atoms with Gasteiger partial charge in [0.2, 0.25) is 6.54 Å². The van der Waals surface area contributed by atoms with Crippen LogP contribution in [0.4, 0.5) is 0 Å². The standard InChI is InChI=1S/C11H13BBrNO5/c13-5-2-6-18-9-4-1-3-8-10(7-14(16)17)19-12(15)11(8)9/h1,3-4,10,15H,2,5-7H2. The number of nitrogens with zero attached hydrogens (tertiary/aromatic N) is 1. The second-order valence-electron chi connectivity index (χ2n) is 4.14. The summed E-state index contributed by atoms with van der Waals surface area (Å²) in [6.07, 6.45) is 0.110. The summed E-state index contributed by atoms with van der Waals surface area (Å²) in [6, 6.07) is 5.20. The Hall–Kier alpha value is -1.12. The number of hydrogen-bond donors (Lipinski definition) is 1. The van der Waals surface area contributed by atoms with E-state index in [1.165, 1.54) is 0 Å². The molecular formula is C11H13BBrNO5. The molecule has 2 rings (SSSR count). The minimum atomic E-state index is -1.17. The maximum absolute atomic E-state index is 10.6. The van der Waals surface area contributed by atoms with Crippen molar-refractivity contribution in [3.8, 4) is 5.75 Å². The first-order valence-corrected chi connectivity index (χ1v) is 7.02. The van der Waals surface area contributed by atoms with Gasteiger partial charge in [-0.15, -0.1) is 0 Å². The number of fused-ring (bicyclic) bond motifs is 1. The molecule has 1 aliphatic heterocycles. The van der Waals surface area contributed by atoms with Gasteiger partial charge >= 0.3 is 7.12 Å². The lowest BCUT2D eigenvalue weighted by Gasteiger charge is -2.10. The first kappa shape index (κ1) is 14.3. The van der Waals surface area contributed by atoms with Gasteiger partial charge in [-0.3, -0.25) is 10.1 Å². The molecule has 0 aromatic heterocycles. The molecule has 1 aliphatic rings. The Kier molecular flexibility index (Phi) is 4.78. The van der Waals surface area contributed by atoms with Crippen LogP contribution in [0.1, 0.15) is 18.1 Å². The molecule has 102 valence electrons. The second-order valence-corrected chi connectivity index (χ2v) is 4.94. The van der Waals surface area contributed by atoms with Crippen LogP contribution in [0.5, 0.6) is 5.75 Å². The Morgan fingerprint density at radius 1 is 1.58 bits per heavy atom. The van der Waals surface area contributed by atoms with Crippen molar-refractivity contribution >= 4 is 28.5 Å². The van der Waals surface area contributed by atoms with Gasteiger partial charge in [0.05, 0.1) is 6.61 Å². The number of rotatable bonds is 6. The minimum absolute atomic E-state index is 0.366. The predicted molar refractivity (Wildman–Crippen MR) is 73.6 cm³/mol. The topological polar surface area (TPSA) is 81.8 Å². The second kappa shape index (κ2) is 6.36. The highest BCUT2D eigenvalue weighted by atomic mass is 79.9. The highest BCUT2D eigenvalue weighted by Gasteiger charge is 2.40. The summed E-state index contributed by atoms with van der Waals surface area (Å²) in [7, 11) is -1.17. The third kappa shape index (κ3) is 3.26. The van der Waals surface area contributed by atoms with Gasteiger partial charge in [-0.1, -0.05) is 28.1 Å². The van der Waals surface area contributed by atoms with E-state index in [2.05, 4.69) is 15.9 Å². The number of hydrogen-bond acceptors (Lipinski definition) is 5. The van der Waals surface area contributed by atoms with Crippen molar-refractivity contribution < 1.29 is 19.3 Å². The molecule has 1 unspecified atom stereocenters. The van der Waals surface area contributed by atoms with Crippen molar-refractivity contribution in [3.05, 3.63) is 33.9 Å². The van der Waals surface area contributed by atoms with E-state index >= 15 is 0 Å². The summed E-state index contributed by atoms with van der Waals surface area (Å²) in [5, 5.41) is 21.3. The van der Waals surface area contributed by atoms with Gasteiger partial charge in [-0.05, 0) is 18.1 Å². The predicted octanol–water partition coefficient (Wildman–Crippen LogP) is 0.886. The molecule has 19 heavy (non-hydrogen) atoms. The van der Waals surface area contributed by atoms with E-state index in [0.29, 0.717) is 23.4 Å². The molecule has 1 heterocycles. The van der Waals surface area contributed by atoms with Crippen molar-refractivity contribution in [2.45, 2.75) is 12.5 Å². The number of ether oxygens (including phenoxy) is 1. The normalized spacial score (nSPS) is 17.4. The van der Waals surface area contributed by atoms with Gasteiger partial charge in [0.25, 0.3) is 0 Å². The number of halogens is 1. The molecule has 0 fully saturated rings. The Morgan fingerprint density at radius 3 is 3.05 bits per heavy atom. The Bertz CT molecular complexity index is 472. The smallest absolute Gasteiger partial charge is 0.494 e. The lowest BCUT2D eigenvalue weighted by Crippen LogP contribution is -2.30. The molecule has 6 nitrogen and oxygen atoms in total. The molecule has 1 aromatic rings. The SMILES string of the molecule is O=[N+]([O-])CC1OB(O)c2c(OCCCBr)cccc21. The van der Waals surface area contributed by atoms with Crippen molar-refractivity contribution in [3.63, 3.8) is 0 Å². The van der Waals surface area contributed by atoms with Crippen molar-refractivity contribution in [1.29, 1.82) is 0 Å². The van der Waals surface area contributed by atoms with Crippen LogP contribution in [0.25, 0.3) is 0 Å². The Morgan fingerprint density at radius 2 is 2.37 bits per heavy atom. The third-order valence-corrected chi connectivity index (χ3v) is 3.40. The zero-order valence-corrected chi connectivity index (χ0v) is 11.7. The molecule has 8 heteroatoms. The molecule has 0 aliphatic carbocycles. The van der Waals surface area contributed by atoms with Gasteiger partial charge in [0.1, 0.15) is 11.9 Å². The summed E-state index contributed by atoms with van der Waals surface area (Å²) >= 11 is 3.30. The summed E-state index contributed by atoms with van der Waals surface area (Å²) in [5.41, 5.74) is 1.13. The van der Waals surface area contributed by atoms with Gasteiger partial charge in [-0.2, -0.15) is 0 Å². The van der Waals surface area contributed by atoms with Crippen LogP contribution in [0.3, 0.4) is 0 Å². The van der Waals surface area contributed by atoms with E-state index in [1.807, 2.05) is 0 Å². The van der Waals surface area contributed by atoms with E-state index in [4.69, 9.17) is 9.39 Å². The molecule has 0 amide bonds. The molecule has 0 saturated heterocycles. The first-order valence-electron chi connectivity index (χ1n) is 5.90. The molecule has 1 aromatic carbocycles. The van der Waals surface area contributed by atoms with E-state index < -0.39 is 18.1 Å². The number of benzene rings is 1. The van der Waals surface area contributed by atoms with E-state index in [1.54, 1.807) is 18.2 Å². The third-order valence-electron chi connectivity index (χ3n) is 2.84. The monoisotopic (exact) mass is 329 g/mol. The van der Waals surface area contributed by atoms with Crippen LogP contribution in [-0.2, 0) is 4.65 Å². The molecule has 1 atom stereocenters. The fraction of sp³-hybridized carbons (Fsp3) is 0.455. The lowest BCUT2D eigenvalue weighted by molar-refractivity contribution is -0.490. The van der Waals surface area contributed by atoms with Gasteiger partial charge in [-0.25, -0.2) is 0 Å². The van der Waals surface area contributed by atoms with Crippen molar-refractivity contribution in [2.24, 2.45) is 0 Å². The summed E-state index contributed by atoms with van der Waals surface area (Å²) in [5.74, 6) is 0.525. The summed E-state index contributed by atoms with van der Waals surface area (Å²) in [6.45, 7) is 0.142. The lowest BCUT2D eigenvalue weighted by atomic mass is 9.78. The number of nitro groups is 1. The fourth-order valence-corrected chi connectivity index (χ4v) is 2.27. The Balaban J connectivity index is 2.20. The van der Waals surface area contributed by atoms with Crippen molar-refractivity contribution in [2.75, 3.05) is 18.5 Å². The molecular weight excluding hydrogens is 317 g/mol. The molecule has 0 saturated carbocycles. The van der Waals surface area contributed by atoms with Gasteiger partial charge < -0.3 is 14.4 Å². The van der Waals surface area contributed by atoms with E-state index in [-0.39, 0.29) is 6.54 Å². The minimum Gasteiger partial charge on any atom is -0.494 e. The van der Waals surface area contributed by atoms with Crippen LogP contribution in [-0.4, -0.2) is 35.5 Å². The average Bonchev–Trinajstić information content (AvgIpc) is 2.67. The van der Waals surface area contributed by atoms with Gasteiger partial charge in [0.15, 0.2) is 0 Å². The van der Waals surface area contributed by atoms with Crippen LogP contribution in [0.2, 0.25) is 0 Å². The zero-order valence-electron chi connectivity index (χ0n) is 10.1. The quantitative estimate of drug-likeness (QED) is 0.275. The highest BCUT2D eigenvalue weighted by Crippen LogP contribution is 2.27. The highest BCUT2D eigenvalue weighted by molar-refractivity contribution is 9.09. The fourth-order valence-electron chi connectivity index (χ4n) is 2.04. The maximum atomic E-state index is 10.6. The zero-order chi connectivity index (χ0) is 13.8. The van der Waals surface area contributed by atoms with E-state index in [0.717, 1.165) is 11.8 Å². The maximum Gasteiger partial charge on any atom is 0.496 e. The van der Waals surface area contributed by atoms with Crippen LogP contribution >= 0.6 is 15.9 Å². The molecule has 1 N–H and O–H groups in total. The Labute approximate surface area is 119 Å². The van der Waals surface area contributed by atoms with Crippen LogP contribution in [0, 0.1) is 10.1 Å². The van der Waals surface area contributed by atoms with Crippen molar-refractivity contribution in [1.82, 2.24) is 0 Å². The summed E-state index contributed by atoms with van der Waals surface area (Å²) in [4.78, 5) is 10.1. The number of alkyl halides is 1. The molecule has 0 bridgehead atoms. The van der Waals surface area contributed by atoms with Crippen LogP contribution in [0.15, 0.2) is 18.2 Å². The molecule has 0 spiro atoms. The average molecular weight is 330 g/mol. The molecule has 0 radical (unpaired) electrons. The van der Waals surface area contributed by atoms with Gasteiger partial charge in [0, 0.05) is 15.7 Å². The first-order chi connectivity index (χ1) is 9.13. The van der Waals surface area contributed by atoms with Crippen LogP contribution < -0.4 is 10.2 Å². The summed E-state index contributed by atoms with van der Waals surface area (Å²) < 4.78 is 10.8. The van der Waals surface area contributed by atoms with E-state index in [9.17, 15) is 15.1 Å².